The first-order valence-corrected chi connectivity index (χ1v) is 17.4. The average Bonchev–Trinajstić information content (AvgIpc) is 3.32. The molecule has 3 heterocycles. The van der Waals surface area contributed by atoms with Gasteiger partial charge in [-0.1, -0.05) is 64.0 Å². The van der Waals surface area contributed by atoms with E-state index in [9.17, 15) is 32.7 Å². The van der Waals surface area contributed by atoms with Gasteiger partial charge >= 0.3 is 12.0 Å². The Balaban J connectivity index is 1.30. The summed E-state index contributed by atoms with van der Waals surface area (Å²) >= 11 is 0. The number of aliphatic carboxylic acids is 1. The second-order valence-corrected chi connectivity index (χ2v) is 15.7. The monoisotopic (exact) mass is 643 g/mol. The molecule has 0 spiro atoms. The van der Waals surface area contributed by atoms with Gasteiger partial charge in [0, 0.05) is 31.6 Å². The predicted octanol–water partition coefficient (Wildman–Crippen LogP) is 2.74. The second kappa shape index (κ2) is 12.7. The van der Waals surface area contributed by atoms with E-state index in [0.29, 0.717) is 44.2 Å². The molecule has 5 rings (SSSR count). The molecule has 1 aromatic rings. The van der Waals surface area contributed by atoms with Gasteiger partial charge in [0.15, 0.2) is 0 Å². The van der Waals surface area contributed by atoms with Crippen molar-refractivity contribution in [1.82, 2.24) is 25.2 Å². The third-order valence-corrected chi connectivity index (χ3v) is 11.5. The molecule has 4 amide bonds. The van der Waals surface area contributed by atoms with Gasteiger partial charge in [-0.05, 0) is 55.6 Å². The van der Waals surface area contributed by atoms with Crippen molar-refractivity contribution in [3.63, 3.8) is 0 Å². The molecular formula is C32H45N5O7S. The summed E-state index contributed by atoms with van der Waals surface area (Å²) in [5.41, 5.74) is -1.16. The van der Waals surface area contributed by atoms with E-state index in [4.69, 9.17) is 0 Å². The molecule has 12 nitrogen and oxygen atoms in total. The van der Waals surface area contributed by atoms with Crippen LogP contribution in [0.5, 0.6) is 0 Å². The van der Waals surface area contributed by atoms with Crippen LogP contribution >= 0.6 is 0 Å². The highest BCUT2D eigenvalue weighted by Gasteiger charge is 2.61. The largest absolute Gasteiger partial charge is 0.479 e. The highest BCUT2D eigenvalue weighted by molar-refractivity contribution is 7.89. The number of carboxylic acids is 1. The van der Waals surface area contributed by atoms with Crippen molar-refractivity contribution >= 4 is 33.8 Å². The number of carboxylic acid groups (broad SMARTS) is 1. The topological polar surface area (TPSA) is 165 Å². The van der Waals surface area contributed by atoms with Gasteiger partial charge in [-0.3, -0.25) is 9.59 Å². The summed E-state index contributed by atoms with van der Waals surface area (Å²) in [4.78, 5) is 54.6. The maximum atomic E-state index is 13.9. The molecular weight excluding hydrogens is 598 g/mol. The van der Waals surface area contributed by atoms with E-state index in [1.807, 2.05) is 32.9 Å². The fourth-order valence-corrected chi connectivity index (χ4v) is 8.28. The lowest BCUT2D eigenvalue weighted by Crippen LogP contribution is -2.59. The van der Waals surface area contributed by atoms with Gasteiger partial charge in [-0.15, -0.1) is 0 Å². The smallest absolute Gasteiger partial charge is 0.330 e. The van der Waals surface area contributed by atoms with E-state index in [2.05, 4.69) is 16.0 Å². The number of rotatable bonds is 5. The molecule has 1 saturated carbocycles. The molecule has 45 heavy (non-hydrogen) atoms. The van der Waals surface area contributed by atoms with Crippen LogP contribution in [0.1, 0.15) is 77.7 Å². The summed E-state index contributed by atoms with van der Waals surface area (Å²) in [5.74, 6) is -2.23. The van der Waals surface area contributed by atoms with Crippen LogP contribution in [0.25, 0.3) is 0 Å². The minimum atomic E-state index is -3.71. The number of carbonyl (C=O) groups is 4. The van der Waals surface area contributed by atoms with Gasteiger partial charge in [0.05, 0.1) is 4.90 Å². The lowest BCUT2D eigenvalue weighted by molar-refractivity contribution is -0.145. The van der Waals surface area contributed by atoms with Crippen LogP contribution in [-0.4, -0.2) is 83.3 Å². The van der Waals surface area contributed by atoms with E-state index in [1.165, 1.54) is 9.21 Å². The molecule has 0 bridgehead atoms. The van der Waals surface area contributed by atoms with E-state index in [1.54, 1.807) is 24.3 Å². The number of allylic oxidation sites excluding steroid dienone is 1. The van der Waals surface area contributed by atoms with Gasteiger partial charge in [0.25, 0.3) is 0 Å². The summed E-state index contributed by atoms with van der Waals surface area (Å²) in [6.07, 6.45) is 8.59. The average molecular weight is 644 g/mol. The summed E-state index contributed by atoms with van der Waals surface area (Å²) in [6.45, 7) is 6.35. The molecule has 4 aliphatic rings. The Morgan fingerprint density at radius 1 is 1.11 bits per heavy atom. The number of nitrogens with one attached hydrogen (secondary N) is 3. The maximum Gasteiger partial charge on any atom is 0.330 e. The molecule has 1 aliphatic carbocycles. The van der Waals surface area contributed by atoms with Gasteiger partial charge in [0.2, 0.25) is 21.8 Å². The Labute approximate surface area is 265 Å². The molecule has 2 unspecified atom stereocenters. The van der Waals surface area contributed by atoms with Crippen molar-refractivity contribution < 1.29 is 32.7 Å². The van der Waals surface area contributed by atoms with Crippen LogP contribution < -0.4 is 16.0 Å². The summed E-state index contributed by atoms with van der Waals surface area (Å²) in [6, 6.07) is 3.98. The highest BCUT2D eigenvalue weighted by atomic mass is 32.2. The van der Waals surface area contributed by atoms with Crippen molar-refractivity contribution in [3.8, 4) is 0 Å². The number of hydrogen-bond acceptors (Lipinski definition) is 6. The zero-order valence-electron chi connectivity index (χ0n) is 26.3. The number of sulfonamides is 1. The minimum absolute atomic E-state index is 0.0563. The van der Waals surface area contributed by atoms with Crippen LogP contribution in [0.3, 0.4) is 0 Å². The highest BCUT2D eigenvalue weighted by Crippen LogP contribution is 2.45. The number of fused-ring (bicyclic) bond motifs is 3. The van der Waals surface area contributed by atoms with Gasteiger partial charge in [0.1, 0.15) is 17.6 Å². The molecule has 4 N–H and O–H groups in total. The van der Waals surface area contributed by atoms with Crippen LogP contribution in [0, 0.1) is 11.3 Å². The quantitative estimate of drug-likeness (QED) is 0.358. The first kappa shape index (κ1) is 32.9. The number of amides is 4. The number of benzene rings is 1. The van der Waals surface area contributed by atoms with Crippen molar-refractivity contribution in [2.75, 3.05) is 13.1 Å². The van der Waals surface area contributed by atoms with Crippen LogP contribution in [-0.2, 0) is 31.0 Å². The van der Waals surface area contributed by atoms with Crippen molar-refractivity contribution in [2.24, 2.45) is 11.3 Å². The van der Waals surface area contributed by atoms with Crippen molar-refractivity contribution in [2.45, 2.75) is 107 Å². The Kier molecular flexibility index (Phi) is 9.33. The molecule has 0 radical (unpaired) electrons. The molecule has 1 aromatic carbocycles. The number of nitrogens with zero attached hydrogens (tertiary/aromatic N) is 2. The Morgan fingerprint density at radius 2 is 1.87 bits per heavy atom. The molecule has 2 fully saturated rings. The SMILES string of the molecule is CC(C)(C)C(CN1Cc2ccccc2S1(=O)=O)NC(=O)N[C@H]1CCCCC/C=C\C2C[C@@]2(C(=O)O)NC(=O)[C@@H]2CCCN2C1=O. The van der Waals surface area contributed by atoms with Gasteiger partial charge < -0.3 is 26.0 Å². The van der Waals surface area contributed by atoms with E-state index in [0.717, 1.165) is 19.3 Å². The third-order valence-electron chi connectivity index (χ3n) is 9.59. The second-order valence-electron chi connectivity index (χ2n) is 13.8. The number of hydrogen-bond donors (Lipinski definition) is 4. The minimum Gasteiger partial charge on any atom is -0.479 e. The summed E-state index contributed by atoms with van der Waals surface area (Å²) in [7, 11) is -3.71. The Bertz CT molecular complexity index is 1470. The lowest BCUT2D eigenvalue weighted by atomic mass is 9.86. The normalized spacial score (nSPS) is 30.0. The molecule has 3 aliphatic heterocycles. The Morgan fingerprint density at radius 3 is 2.58 bits per heavy atom. The fraction of sp³-hybridized carbons (Fsp3) is 0.625. The first-order chi connectivity index (χ1) is 21.2. The molecule has 1 saturated heterocycles. The van der Waals surface area contributed by atoms with Crippen LogP contribution in [0.15, 0.2) is 41.3 Å². The zero-order valence-corrected chi connectivity index (χ0v) is 27.1. The summed E-state index contributed by atoms with van der Waals surface area (Å²) < 4.78 is 27.8. The van der Waals surface area contributed by atoms with Crippen LogP contribution in [0.2, 0.25) is 0 Å². The zero-order chi connectivity index (χ0) is 32.6. The van der Waals surface area contributed by atoms with E-state index < -0.39 is 57.0 Å². The molecule has 246 valence electrons. The standard InChI is InChI=1S/C32H45N5O7S/c1-31(2,3)26(20-36-19-21-12-9-10-16-25(21)45(36,43)44)34-30(42)33-23-14-8-6-4-5-7-13-22-18-32(22,29(40)41)35-27(38)24-15-11-17-37(24)28(23)39/h7,9-10,12-13,16,22-24,26H,4-6,8,11,14-15,17-20H2,1-3H3,(H,35,38)(H,40,41)(H2,33,34,42)/b13-7-/t22?,23-,24-,26?,32+/m0/s1. The van der Waals surface area contributed by atoms with Gasteiger partial charge in [-0.2, -0.15) is 4.31 Å². The van der Waals surface area contributed by atoms with Crippen molar-refractivity contribution in [3.05, 3.63) is 42.0 Å². The molecule has 13 heteroatoms. The van der Waals surface area contributed by atoms with Crippen molar-refractivity contribution in [1.29, 1.82) is 0 Å². The first-order valence-electron chi connectivity index (χ1n) is 15.9. The third kappa shape index (κ3) is 6.89. The maximum absolute atomic E-state index is 13.9. The fourth-order valence-electron chi connectivity index (χ4n) is 6.64. The molecule has 5 atom stereocenters. The molecule has 0 aromatic heterocycles. The Hall–Kier alpha value is -3.45. The predicted molar refractivity (Wildman–Crippen MR) is 166 cm³/mol. The van der Waals surface area contributed by atoms with Crippen LogP contribution in [0.4, 0.5) is 4.79 Å². The number of urea groups is 1. The van der Waals surface area contributed by atoms with Gasteiger partial charge in [-0.25, -0.2) is 18.0 Å². The lowest BCUT2D eigenvalue weighted by Gasteiger charge is -2.35. The van der Waals surface area contributed by atoms with E-state index >= 15 is 0 Å². The van der Waals surface area contributed by atoms with E-state index in [-0.39, 0.29) is 29.8 Å². The summed E-state index contributed by atoms with van der Waals surface area (Å²) in [5, 5.41) is 18.4. The number of carbonyl (C=O) groups excluding carboxylic acids is 3.